The Bertz CT molecular complexity index is 919. The van der Waals surface area contributed by atoms with Crippen LogP contribution in [0.15, 0.2) is 18.2 Å². The molecule has 0 spiro atoms. The Morgan fingerprint density at radius 2 is 1.93 bits per heavy atom. The molecule has 6 heteroatoms. The number of nitrogens with one attached hydrogen (secondary N) is 1. The maximum atomic E-state index is 13.3. The molecule has 0 saturated carbocycles. The molecule has 2 heterocycles. The lowest BCUT2D eigenvalue weighted by molar-refractivity contribution is -0.136. The third-order valence-electron chi connectivity index (χ3n) is 5.69. The van der Waals surface area contributed by atoms with Gasteiger partial charge in [-0.1, -0.05) is 11.6 Å². The van der Waals surface area contributed by atoms with Crippen LogP contribution in [-0.2, 0) is 22.4 Å². The number of carbonyl (C=O) groups excluding carboxylic acids is 2. The number of ether oxygens (including phenoxy) is 1. The minimum atomic E-state index is -0.571. The molecular weight excluding hydrogens is 354 g/mol. The second kappa shape index (κ2) is 7.87. The van der Waals surface area contributed by atoms with Gasteiger partial charge in [0.15, 0.2) is 0 Å². The zero-order chi connectivity index (χ0) is 19.7. The van der Waals surface area contributed by atoms with Crippen molar-refractivity contribution in [3.63, 3.8) is 0 Å². The van der Waals surface area contributed by atoms with Gasteiger partial charge in [0.1, 0.15) is 6.04 Å². The predicted molar refractivity (Wildman–Crippen MR) is 107 cm³/mol. The van der Waals surface area contributed by atoms with Crippen molar-refractivity contribution >= 4 is 22.7 Å². The van der Waals surface area contributed by atoms with Gasteiger partial charge < -0.3 is 15.0 Å². The van der Waals surface area contributed by atoms with E-state index >= 15 is 0 Å². The Morgan fingerprint density at radius 3 is 2.71 bits per heavy atom. The predicted octanol–water partition coefficient (Wildman–Crippen LogP) is 2.40. The molecular formula is C22H27N3O3. The van der Waals surface area contributed by atoms with Crippen LogP contribution in [0.1, 0.15) is 46.9 Å². The van der Waals surface area contributed by atoms with Crippen molar-refractivity contribution in [2.45, 2.75) is 45.6 Å². The van der Waals surface area contributed by atoms with Crippen LogP contribution in [0.4, 0.5) is 0 Å². The number of aryl methyl sites for hydroxylation is 2. The quantitative estimate of drug-likeness (QED) is 0.886. The summed E-state index contributed by atoms with van der Waals surface area (Å²) in [7, 11) is 0. The van der Waals surface area contributed by atoms with Crippen LogP contribution < -0.4 is 5.32 Å². The lowest BCUT2D eigenvalue weighted by Crippen LogP contribution is -2.50. The first kappa shape index (κ1) is 18.9. The first-order valence-corrected chi connectivity index (χ1v) is 10.1. The zero-order valence-corrected chi connectivity index (χ0v) is 16.6. The van der Waals surface area contributed by atoms with E-state index in [1.807, 2.05) is 25.1 Å². The molecule has 1 unspecified atom stereocenters. The average molecular weight is 381 g/mol. The number of fused-ring (bicyclic) bond motifs is 2. The van der Waals surface area contributed by atoms with E-state index in [4.69, 9.17) is 9.72 Å². The number of hydrogen-bond acceptors (Lipinski definition) is 4. The van der Waals surface area contributed by atoms with Crippen molar-refractivity contribution in [2.24, 2.45) is 0 Å². The number of rotatable bonds is 3. The van der Waals surface area contributed by atoms with Gasteiger partial charge >= 0.3 is 0 Å². The summed E-state index contributed by atoms with van der Waals surface area (Å²) in [6.45, 7) is 6.03. The van der Waals surface area contributed by atoms with Crippen LogP contribution in [-0.4, -0.2) is 54.0 Å². The second-order valence-corrected chi connectivity index (χ2v) is 7.77. The fourth-order valence-corrected chi connectivity index (χ4v) is 4.19. The highest BCUT2D eigenvalue weighted by Gasteiger charge is 2.27. The van der Waals surface area contributed by atoms with Crippen LogP contribution in [0.25, 0.3) is 10.9 Å². The van der Waals surface area contributed by atoms with E-state index in [1.165, 1.54) is 0 Å². The van der Waals surface area contributed by atoms with E-state index in [1.54, 1.807) is 11.8 Å². The Labute approximate surface area is 165 Å². The summed E-state index contributed by atoms with van der Waals surface area (Å²) < 4.78 is 5.31. The molecule has 148 valence electrons. The van der Waals surface area contributed by atoms with Crippen molar-refractivity contribution in [3.8, 4) is 0 Å². The summed E-state index contributed by atoms with van der Waals surface area (Å²) in [5.74, 6) is -0.231. The fraction of sp³-hybridized carbons (Fsp3) is 0.500. The van der Waals surface area contributed by atoms with E-state index < -0.39 is 6.04 Å². The average Bonchev–Trinajstić information content (AvgIpc) is 2.72. The summed E-state index contributed by atoms with van der Waals surface area (Å²) >= 11 is 0. The highest BCUT2D eigenvalue weighted by atomic mass is 16.5. The minimum Gasteiger partial charge on any atom is -0.378 e. The van der Waals surface area contributed by atoms with Gasteiger partial charge in [-0.3, -0.25) is 14.6 Å². The molecule has 2 amide bonds. The highest BCUT2D eigenvalue weighted by Crippen LogP contribution is 2.30. The third-order valence-corrected chi connectivity index (χ3v) is 5.69. The number of carbonyl (C=O) groups is 2. The summed E-state index contributed by atoms with van der Waals surface area (Å²) in [6, 6.07) is 5.47. The van der Waals surface area contributed by atoms with E-state index in [2.05, 4.69) is 5.32 Å². The number of aromatic nitrogens is 1. The van der Waals surface area contributed by atoms with Gasteiger partial charge in [0, 0.05) is 24.2 Å². The molecule has 1 fully saturated rings. The van der Waals surface area contributed by atoms with Crippen molar-refractivity contribution in [3.05, 3.63) is 40.6 Å². The Morgan fingerprint density at radius 1 is 1.18 bits per heavy atom. The van der Waals surface area contributed by atoms with Gasteiger partial charge in [-0.15, -0.1) is 0 Å². The maximum Gasteiger partial charge on any atom is 0.252 e. The number of hydrogen-bond donors (Lipinski definition) is 1. The molecule has 0 bridgehead atoms. The van der Waals surface area contributed by atoms with Crippen molar-refractivity contribution in [1.29, 1.82) is 0 Å². The smallest absolute Gasteiger partial charge is 0.252 e. The van der Waals surface area contributed by atoms with Crippen LogP contribution in [0.2, 0.25) is 0 Å². The topological polar surface area (TPSA) is 71.5 Å². The number of pyridine rings is 1. The fourth-order valence-electron chi connectivity index (χ4n) is 4.19. The molecule has 1 N–H and O–H groups in total. The molecule has 2 aliphatic rings. The minimum absolute atomic E-state index is 0.0555. The second-order valence-electron chi connectivity index (χ2n) is 7.77. The molecule has 0 radical (unpaired) electrons. The van der Waals surface area contributed by atoms with Gasteiger partial charge in [0.05, 0.1) is 24.3 Å². The summed E-state index contributed by atoms with van der Waals surface area (Å²) in [5.41, 5.74) is 4.72. The molecule has 1 aliphatic heterocycles. The van der Waals surface area contributed by atoms with Gasteiger partial charge in [-0.05, 0) is 57.2 Å². The Balaban J connectivity index is 1.66. The molecule has 1 aromatic carbocycles. The normalized spacial score (nSPS) is 17.9. The van der Waals surface area contributed by atoms with Crippen LogP contribution in [0.3, 0.4) is 0 Å². The number of nitrogens with zero attached hydrogens (tertiary/aromatic N) is 2. The molecule has 1 saturated heterocycles. The lowest BCUT2D eigenvalue weighted by atomic mass is 9.89. The number of benzene rings is 1. The summed E-state index contributed by atoms with van der Waals surface area (Å²) in [5, 5.41) is 3.84. The zero-order valence-electron chi connectivity index (χ0n) is 16.6. The van der Waals surface area contributed by atoms with Crippen LogP contribution >= 0.6 is 0 Å². The third kappa shape index (κ3) is 3.61. The van der Waals surface area contributed by atoms with Gasteiger partial charge in [0.2, 0.25) is 5.91 Å². The molecule has 1 atom stereocenters. The SMILES string of the molecule is Cc1ccc2nc3c(c(C(=O)NC(C)C(=O)N4CCOCC4)c2c1)CCCC3. The molecule has 4 rings (SSSR count). The molecule has 28 heavy (non-hydrogen) atoms. The van der Waals surface area contributed by atoms with Crippen molar-refractivity contribution in [1.82, 2.24) is 15.2 Å². The van der Waals surface area contributed by atoms with Gasteiger partial charge in [0.25, 0.3) is 5.91 Å². The molecule has 1 aliphatic carbocycles. The molecule has 2 aromatic rings. The van der Waals surface area contributed by atoms with Crippen molar-refractivity contribution < 1.29 is 14.3 Å². The Kier molecular flexibility index (Phi) is 5.31. The van der Waals surface area contributed by atoms with E-state index in [0.29, 0.717) is 31.9 Å². The molecule has 1 aromatic heterocycles. The van der Waals surface area contributed by atoms with E-state index in [0.717, 1.165) is 53.4 Å². The van der Waals surface area contributed by atoms with Crippen molar-refractivity contribution in [2.75, 3.05) is 26.3 Å². The van der Waals surface area contributed by atoms with Crippen LogP contribution in [0, 0.1) is 6.92 Å². The monoisotopic (exact) mass is 381 g/mol. The Hall–Kier alpha value is -2.47. The largest absolute Gasteiger partial charge is 0.378 e. The van der Waals surface area contributed by atoms with E-state index in [9.17, 15) is 9.59 Å². The van der Waals surface area contributed by atoms with Gasteiger partial charge in [-0.2, -0.15) is 0 Å². The number of morpholine rings is 1. The first-order valence-electron chi connectivity index (χ1n) is 10.1. The molecule has 6 nitrogen and oxygen atoms in total. The number of amides is 2. The van der Waals surface area contributed by atoms with Crippen LogP contribution in [0.5, 0.6) is 0 Å². The summed E-state index contributed by atoms with van der Waals surface area (Å²) in [4.78, 5) is 32.6. The standard InChI is InChI=1S/C22H27N3O3/c1-14-7-8-19-17(13-14)20(16-5-3-4-6-18(16)24-19)21(26)23-15(2)22(27)25-9-11-28-12-10-25/h7-8,13,15H,3-6,9-12H2,1-2H3,(H,23,26). The first-order chi connectivity index (χ1) is 13.5. The van der Waals surface area contributed by atoms with E-state index in [-0.39, 0.29) is 11.8 Å². The maximum absolute atomic E-state index is 13.3. The summed E-state index contributed by atoms with van der Waals surface area (Å²) in [6.07, 6.45) is 3.93. The highest BCUT2D eigenvalue weighted by molar-refractivity contribution is 6.09. The lowest BCUT2D eigenvalue weighted by Gasteiger charge is -2.29. The van der Waals surface area contributed by atoms with Gasteiger partial charge in [-0.25, -0.2) is 0 Å².